The van der Waals surface area contributed by atoms with Crippen molar-refractivity contribution < 1.29 is 19.1 Å². The Morgan fingerprint density at radius 1 is 1.30 bits per heavy atom. The van der Waals surface area contributed by atoms with Gasteiger partial charge < -0.3 is 10.4 Å². The topological polar surface area (TPSA) is 66.4 Å². The van der Waals surface area contributed by atoms with Crippen LogP contribution in [0.3, 0.4) is 0 Å². The van der Waals surface area contributed by atoms with E-state index >= 15 is 0 Å². The van der Waals surface area contributed by atoms with Crippen molar-refractivity contribution in [3.63, 3.8) is 0 Å². The summed E-state index contributed by atoms with van der Waals surface area (Å²) in [6.45, 7) is 3.34. The number of hydrogen-bond donors (Lipinski definition) is 2. The summed E-state index contributed by atoms with van der Waals surface area (Å²) in [5.74, 6) is -0.599. The minimum Gasteiger partial charge on any atom is -0.481 e. The minimum atomic E-state index is -0.950. The molecule has 0 atom stereocenters. The third-order valence-corrected chi connectivity index (χ3v) is 3.49. The number of aliphatic carboxylic acids is 1. The highest BCUT2D eigenvalue weighted by atomic mass is 32.2. The van der Waals surface area contributed by atoms with Crippen LogP contribution in [0.5, 0.6) is 0 Å². The summed E-state index contributed by atoms with van der Waals surface area (Å²) >= 11 is 1.40. The molecule has 0 radical (unpaired) electrons. The normalized spacial score (nSPS) is 11.2. The first-order chi connectivity index (χ1) is 9.28. The summed E-state index contributed by atoms with van der Waals surface area (Å²) in [6, 6.07) is 6.11. The highest BCUT2D eigenvalue weighted by molar-refractivity contribution is 7.99. The Kier molecular flexibility index (Phi) is 6.01. The molecule has 2 N–H and O–H groups in total. The highest BCUT2D eigenvalue weighted by Crippen LogP contribution is 2.14. The van der Waals surface area contributed by atoms with Crippen molar-refractivity contribution in [1.29, 1.82) is 0 Å². The molecule has 0 saturated carbocycles. The van der Waals surface area contributed by atoms with Crippen molar-refractivity contribution in [1.82, 2.24) is 5.32 Å². The van der Waals surface area contributed by atoms with Crippen molar-refractivity contribution in [2.75, 3.05) is 5.75 Å². The quantitative estimate of drug-likeness (QED) is 0.811. The molecular weight excluding hydrogens is 281 g/mol. The number of amides is 1. The standard InChI is InChI=1S/C14H18FNO3S/c1-14(2,7-13(18)19)16-12(17)9-20-8-10-3-5-11(15)6-4-10/h3-6H,7-9H2,1-2H3,(H,16,17)(H,18,19). The molecule has 0 bridgehead atoms. The van der Waals surface area contributed by atoms with E-state index in [1.807, 2.05) is 0 Å². The Morgan fingerprint density at radius 2 is 1.90 bits per heavy atom. The van der Waals surface area contributed by atoms with E-state index in [0.717, 1.165) is 5.56 Å². The summed E-state index contributed by atoms with van der Waals surface area (Å²) < 4.78 is 12.7. The van der Waals surface area contributed by atoms with E-state index in [1.165, 1.54) is 23.9 Å². The van der Waals surface area contributed by atoms with Crippen molar-refractivity contribution in [2.45, 2.75) is 31.6 Å². The molecule has 0 aliphatic rings. The lowest BCUT2D eigenvalue weighted by Gasteiger charge is -2.24. The van der Waals surface area contributed by atoms with Crippen LogP contribution < -0.4 is 5.32 Å². The van der Waals surface area contributed by atoms with Gasteiger partial charge in [0, 0.05) is 11.3 Å². The smallest absolute Gasteiger partial charge is 0.305 e. The number of carbonyl (C=O) groups excluding carboxylic acids is 1. The first-order valence-electron chi connectivity index (χ1n) is 6.13. The van der Waals surface area contributed by atoms with Crippen LogP contribution >= 0.6 is 11.8 Å². The Labute approximate surface area is 121 Å². The maximum Gasteiger partial charge on any atom is 0.305 e. The lowest BCUT2D eigenvalue weighted by atomic mass is 10.0. The number of carboxylic acids is 1. The zero-order chi connectivity index (χ0) is 15.2. The number of carbonyl (C=O) groups is 2. The lowest BCUT2D eigenvalue weighted by Crippen LogP contribution is -2.45. The third-order valence-electron chi connectivity index (χ3n) is 2.49. The SMILES string of the molecule is CC(C)(CC(=O)O)NC(=O)CSCc1ccc(F)cc1. The van der Waals surface area contributed by atoms with E-state index in [9.17, 15) is 14.0 Å². The summed E-state index contributed by atoms with van der Waals surface area (Å²) in [4.78, 5) is 22.3. The van der Waals surface area contributed by atoms with E-state index < -0.39 is 11.5 Å². The number of nitrogens with one attached hydrogen (secondary N) is 1. The summed E-state index contributed by atoms with van der Waals surface area (Å²) in [5, 5.41) is 11.4. The molecule has 0 spiro atoms. The Morgan fingerprint density at radius 3 is 2.45 bits per heavy atom. The van der Waals surface area contributed by atoms with Gasteiger partial charge in [0.25, 0.3) is 0 Å². The van der Waals surface area contributed by atoms with Crippen LogP contribution in [0, 0.1) is 5.82 Å². The Balaban J connectivity index is 2.33. The van der Waals surface area contributed by atoms with Gasteiger partial charge in [0.05, 0.1) is 12.2 Å². The van der Waals surface area contributed by atoms with Gasteiger partial charge in [-0.05, 0) is 31.5 Å². The largest absolute Gasteiger partial charge is 0.481 e. The molecule has 1 rings (SSSR count). The van der Waals surface area contributed by atoms with Gasteiger partial charge in [-0.2, -0.15) is 0 Å². The first-order valence-corrected chi connectivity index (χ1v) is 7.29. The fourth-order valence-corrected chi connectivity index (χ4v) is 2.47. The van der Waals surface area contributed by atoms with E-state index in [0.29, 0.717) is 5.75 Å². The van der Waals surface area contributed by atoms with E-state index in [-0.39, 0.29) is 23.9 Å². The fourth-order valence-electron chi connectivity index (χ4n) is 1.68. The average molecular weight is 299 g/mol. The number of rotatable bonds is 7. The predicted molar refractivity (Wildman–Crippen MR) is 77.0 cm³/mol. The number of thioether (sulfide) groups is 1. The van der Waals surface area contributed by atoms with E-state index in [2.05, 4.69) is 5.32 Å². The lowest BCUT2D eigenvalue weighted by molar-refractivity contribution is -0.138. The van der Waals surface area contributed by atoms with Crippen LogP contribution in [0.1, 0.15) is 25.8 Å². The molecular formula is C14H18FNO3S. The predicted octanol–water partition coefficient (Wildman–Crippen LogP) is 2.43. The molecule has 0 aliphatic carbocycles. The van der Waals surface area contributed by atoms with E-state index in [1.54, 1.807) is 26.0 Å². The molecule has 0 aromatic heterocycles. The summed E-state index contributed by atoms with van der Waals surface area (Å²) in [5.41, 5.74) is 0.174. The second-order valence-electron chi connectivity index (χ2n) is 5.12. The zero-order valence-corrected chi connectivity index (χ0v) is 12.3. The summed E-state index contributed by atoms with van der Waals surface area (Å²) in [7, 11) is 0. The van der Waals surface area contributed by atoms with Gasteiger partial charge in [-0.3, -0.25) is 9.59 Å². The highest BCUT2D eigenvalue weighted by Gasteiger charge is 2.23. The molecule has 20 heavy (non-hydrogen) atoms. The monoisotopic (exact) mass is 299 g/mol. The molecule has 0 fully saturated rings. The van der Waals surface area contributed by atoms with Gasteiger partial charge >= 0.3 is 5.97 Å². The van der Waals surface area contributed by atoms with Gasteiger partial charge in [0.1, 0.15) is 5.82 Å². The molecule has 110 valence electrons. The molecule has 1 aromatic carbocycles. The van der Waals surface area contributed by atoms with Crippen LogP contribution in [0.25, 0.3) is 0 Å². The number of carboxylic acid groups (broad SMARTS) is 1. The fraction of sp³-hybridized carbons (Fsp3) is 0.429. The maximum atomic E-state index is 12.7. The van der Waals surface area contributed by atoms with Crippen LogP contribution in [0.15, 0.2) is 24.3 Å². The van der Waals surface area contributed by atoms with Crippen molar-refractivity contribution in [2.24, 2.45) is 0 Å². The van der Waals surface area contributed by atoms with Crippen LogP contribution in [-0.4, -0.2) is 28.3 Å². The van der Waals surface area contributed by atoms with Gasteiger partial charge in [0.15, 0.2) is 0 Å². The Hall–Kier alpha value is -1.56. The van der Waals surface area contributed by atoms with Gasteiger partial charge in [-0.1, -0.05) is 12.1 Å². The molecule has 1 aromatic rings. The number of halogens is 1. The molecule has 0 saturated heterocycles. The molecule has 1 amide bonds. The van der Waals surface area contributed by atoms with Gasteiger partial charge in [-0.25, -0.2) is 4.39 Å². The summed E-state index contributed by atoms with van der Waals surface area (Å²) in [6.07, 6.45) is -0.124. The average Bonchev–Trinajstić information content (AvgIpc) is 2.29. The van der Waals surface area contributed by atoms with Gasteiger partial charge in [-0.15, -0.1) is 11.8 Å². The molecule has 4 nitrogen and oxygen atoms in total. The van der Waals surface area contributed by atoms with Crippen LogP contribution in [0.2, 0.25) is 0 Å². The number of hydrogen-bond acceptors (Lipinski definition) is 3. The zero-order valence-electron chi connectivity index (χ0n) is 11.5. The minimum absolute atomic E-state index is 0.124. The number of benzene rings is 1. The third kappa shape index (κ3) is 6.56. The van der Waals surface area contributed by atoms with Crippen LogP contribution in [-0.2, 0) is 15.3 Å². The second kappa shape index (κ2) is 7.28. The van der Waals surface area contributed by atoms with Crippen molar-refractivity contribution >= 4 is 23.6 Å². The van der Waals surface area contributed by atoms with E-state index in [4.69, 9.17) is 5.11 Å². The first kappa shape index (κ1) is 16.5. The van der Waals surface area contributed by atoms with Crippen LogP contribution in [0.4, 0.5) is 4.39 Å². The van der Waals surface area contributed by atoms with Crippen molar-refractivity contribution in [3.05, 3.63) is 35.6 Å². The maximum absolute atomic E-state index is 12.7. The second-order valence-corrected chi connectivity index (χ2v) is 6.11. The Bertz CT molecular complexity index is 474. The van der Waals surface area contributed by atoms with Gasteiger partial charge in [0.2, 0.25) is 5.91 Å². The molecule has 0 unspecified atom stereocenters. The van der Waals surface area contributed by atoms with Crippen molar-refractivity contribution in [3.8, 4) is 0 Å². The molecule has 0 aliphatic heterocycles. The molecule has 0 heterocycles. The molecule has 6 heteroatoms.